The molecule has 1 unspecified atom stereocenters. The Kier molecular flexibility index (Phi) is 4.98. The van der Waals surface area contributed by atoms with Gasteiger partial charge in [-0.2, -0.15) is 5.10 Å². The predicted molar refractivity (Wildman–Crippen MR) is 92.2 cm³/mol. The zero-order valence-electron chi connectivity index (χ0n) is 14.2. The molecule has 1 aliphatic rings. The van der Waals surface area contributed by atoms with Crippen LogP contribution in [0.1, 0.15) is 31.4 Å². The average Bonchev–Trinajstić information content (AvgIpc) is 3.07. The van der Waals surface area contributed by atoms with Crippen LogP contribution in [0.25, 0.3) is 5.69 Å². The first-order valence-corrected chi connectivity index (χ1v) is 8.29. The molecule has 0 amide bonds. The first kappa shape index (κ1) is 16.0. The van der Waals surface area contributed by atoms with Gasteiger partial charge in [0.1, 0.15) is 5.75 Å². The number of hydrogen-bond donors (Lipinski definition) is 1. The van der Waals surface area contributed by atoms with Crippen LogP contribution in [0.4, 0.5) is 0 Å². The minimum absolute atomic E-state index is 0.308. The van der Waals surface area contributed by atoms with Crippen molar-refractivity contribution in [2.45, 2.75) is 31.8 Å². The molecule has 0 spiro atoms. The van der Waals surface area contributed by atoms with Gasteiger partial charge < -0.3 is 15.0 Å². The van der Waals surface area contributed by atoms with Gasteiger partial charge >= 0.3 is 0 Å². The van der Waals surface area contributed by atoms with Gasteiger partial charge in [0.05, 0.1) is 19.0 Å². The zero-order valence-corrected chi connectivity index (χ0v) is 14.2. The highest BCUT2D eigenvalue weighted by atomic mass is 16.5. The van der Waals surface area contributed by atoms with Gasteiger partial charge in [0.15, 0.2) is 0 Å². The fourth-order valence-electron chi connectivity index (χ4n) is 3.08. The molecule has 1 atom stereocenters. The molecule has 124 valence electrons. The number of hydrogen-bond acceptors (Lipinski definition) is 4. The van der Waals surface area contributed by atoms with Crippen LogP contribution in [-0.4, -0.2) is 48.0 Å². The summed E-state index contributed by atoms with van der Waals surface area (Å²) < 4.78 is 7.19. The van der Waals surface area contributed by atoms with Crippen LogP contribution in [0.5, 0.6) is 5.75 Å². The van der Waals surface area contributed by atoms with Crippen molar-refractivity contribution in [1.29, 1.82) is 0 Å². The summed E-state index contributed by atoms with van der Waals surface area (Å²) in [5.74, 6) is 0.844. The lowest BCUT2D eigenvalue weighted by molar-refractivity contribution is 0.226. The number of benzene rings is 1. The van der Waals surface area contributed by atoms with Crippen LogP contribution in [0.2, 0.25) is 0 Å². The van der Waals surface area contributed by atoms with E-state index >= 15 is 0 Å². The van der Waals surface area contributed by atoms with E-state index in [9.17, 15) is 0 Å². The molecule has 5 heteroatoms. The molecular weight excluding hydrogens is 288 g/mol. The van der Waals surface area contributed by atoms with Gasteiger partial charge in [0.25, 0.3) is 0 Å². The smallest absolute Gasteiger partial charge is 0.121 e. The summed E-state index contributed by atoms with van der Waals surface area (Å²) in [5.41, 5.74) is 2.23. The van der Waals surface area contributed by atoms with E-state index in [-0.39, 0.29) is 0 Å². The van der Waals surface area contributed by atoms with E-state index in [2.05, 4.69) is 35.5 Å². The normalized spacial score (nSPS) is 18.0. The van der Waals surface area contributed by atoms with Gasteiger partial charge in [-0.25, -0.2) is 4.68 Å². The Bertz CT molecular complexity index is 631. The highest BCUT2D eigenvalue weighted by Gasteiger charge is 2.19. The van der Waals surface area contributed by atoms with Crippen molar-refractivity contribution in [3.63, 3.8) is 0 Å². The molecule has 0 saturated carbocycles. The summed E-state index contributed by atoms with van der Waals surface area (Å²) >= 11 is 0. The quantitative estimate of drug-likeness (QED) is 0.921. The van der Waals surface area contributed by atoms with Crippen molar-refractivity contribution in [3.05, 3.63) is 42.2 Å². The van der Waals surface area contributed by atoms with Crippen molar-refractivity contribution >= 4 is 0 Å². The van der Waals surface area contributed by atoms with Crippen molar-refractivity contribution in [2.75, 3.05) is 27.2 Å². The largest absolute Gasteiger partial charge is 0.497 e. The van der Waals surface area contributed by atoms with Crippen LogP contribution in [0.3, 0.4) is 0 Å². The highest BCUT2D eigenvalue weighted by molar-refractivity contribution is 5.39. The minimum Gasteiger partial charge on any atom is -0.497 e. The van der Waals surface area contributed by atoms with E-state index < -0.39 is 0 Å². The Morgan fingerprint density at radius 1 is 1.30 bits per heavy atom. The molecule has 2 heterocycles. The van der Waals surface area contributed by atoms with Crippen LogP contribution in [0.15, 0.2) is 36.7 Å². The summed E-state index contributed by atoms with van der Waals surface area (Å²) in [4.78, 5) is 2.39. The lowest BCUT2D eigenvalue weighted by Crippen LogP contribution is -2.41. The lowest BCUT2D eigenvalue weighted by atomic mass is 10.0. The van der Waals surface area contributed by atoms with Crippen molar-refractivity contribution < 1.29 is 4.74 Å². The maximum absolute atomic E-state index is 5.28. The van der Waals surface area contributed by atoms with E-state index in [1.807, 2.05) is 35.1 Å². The van der Waals surface area contributed by atoms with Gasteiger partial charge in [-0.15, -0.1) is 0 Å². The van der Waals surface area contributed by atoms with Crippen molar-refractivity contribution in [1.82, 2.24) is 20.0 Å². The lowest BCUT2D eigenvalue weighted by Gasteiger charge is -2.31. The summed E-state index contributed by atoms with van der Waals surface area (Å²) in [7, 11) is 3.87. The van der Waals surface area contributed by atoms with Crippen LogP contribution < -0.4 is 10.1 Å². The summed E-state index contributed by atoms with van der Waals surface area (Å²) in [6.07, 6.45) is 6.48. The van der Waals surface area contributed by atoms with Crippen molar-refractivity contribution in [3.8, 4) is 11.4 Å². The Labute approximate surface area is 138 Å². The molecule has 1 saturated heterocycles. The third-order valence-electron chi connectivity index (χ3n) is 4.62. The molecule has 3 rings (SSSR count). The van der Waals surface area contributed by atoms with Crippen LogP contribution in [-0.2, 0) is 0 Å². The molecule has 1 aliphatic heterocycles. The zero-order chi connectivity index (χ0) is 16.2. The van der Waals surface area contributed by atoms with Gasteiger partial charge in [0.2, 0.25) is 0 Å². The second-order valence-corrected chi connectivity index (χ2v) is 6.39. The van der Waals surface area contributed by atoms with Crippen molar-refractivity contribution in [2.24, 2.45) is 0 Å². The summed E-state index contributed by atoms with van der Waals surface area (Å²) in [6, 6.07) is 8.86. The molecule has 1 aromatic carbocycles. The molecule has 0 bridgehead atoms. The average molecular weight is 314 g/mol. The molecule has 1 aromatic heterocycles. The molecule has 0 radical (unpaired) electrons. The van der Waals surface area contributed by atoms with Gasteiger partial charge in [-0.05, 0) is 52.0 Å². The third-order valence-corrected chi connectivity index (χ3v) is 4.62. The first-order valence-electron chi connectivity index (χ1n) is 8.29. The molecule has 5 nitrogen and oxygen atoms in total. The number of methoxy groups -OCH3 is 1. The van der Waals surface area contributed by atoms with Gasteiger partial charge in [-0.1, -0.05) is 6.07 Å². The number of aromatic nitrogens is 2. The van der Waals surface area contributed by atoms with E-state index in [4.69, 9.17) is 4.74 Å². The third kappa shape index (κ3) is 3.92. The SMILES string of the molecule is COc1cccc(-n2cc(C(C)NC3CCN(C)CC3)cn2)c1. The Hall–Kier alpha value is -1.85. The Balaban J connectivity index is 1.66. The number of likely N-dealkylation sites (tertiary alicyclic amines) is 1. The van der Waals surface area contributed by atoms with Crippen LogP contribution in [0, 0.1) is 0 Å². The van der Waals surface area contributed by atoms with E-state index in [1.54, 1.807) is 7.11 Å². The maximum atomic E-state index is 5.28. The van der Waals surface area contributed by atoms with E-state index in [0.717, 1.165) is 11.4 Å². The van der Waals surface area contributed by atoms with Gasteiger partial charge in [0, 0.05) is 29.9 Å². The second-order valence-electron chi connectivity index (χ2n) is 6.39. The number of piperidine rings is 1. The Morgan fingerprint density at radius 3 is 2.83 bits per heavy atom. The van der Waals surface area contributed by atoms with Crippen LogP contribution >= 0.6 is 0 Å². The molecular formula is C18H26N4O. The summed E-state index contributed by atoms with van der Waals surface area (Å²) in [5, 5.41) is 8.24. The first-order chi connectivity index (χ1) is 11.2. The second kappa shape index (κ2) is 7.15. The molecule has 2 aromatic rings. The maximum Gasteiger partial charge on any atom is 0.121 e. The number of ether oxygens (including phenoxy) is 1. The number of nitrogens with one attached hydrogen (secondary N) is 1. The van der Waals surface area contributed by atoms with Gasteiger partial charge in [-0.3, -0.25) is 0 Å². The van der Waals surface area contributed by atoms with E-state index in [0.29, 0.717) is 12.1 Å². The monoisotopic (exact) mass is 314 g/mol. The molecule has 0 aliphatic carbocycles. The van der Waals surface area contributed by atoms with E-state index in [1.165, 1.54) is 31.5 Å². The Morgan fingerprint density at radius 2 is 2.09 bits per heavy atom. The number of rotatable bonds is 5. The molecule has 1 N–H and O–H groups in total. The number of nitrogens with zero attached hydrogens (tertiary/aromatic N) is 3. The summed E-state index contributed by atoms with van der Waals surface area (Å²) in [6.45, 7) is 4.56. The standard InChI is InChI=1S/C18H26N4O/c1-14(20-16-7-9-21(2)10-8-16)15-12-19-22(13-15)17-5-4-6-18(11-17)23-3/h4-6,11-14,16,20H,7-10H2,1-3H3. The fourth-order valence-corrected chi connectivity index (χ4v) is 3.08. The molecule has 23 heavy (non-hydrogen) atoms. The fraction of sp³-hybridized carbons (Fsp3) is 0.500. The predicted octanol–water partition coefficient (Wildman–Crippen LogP) is 2.63. The minimum atomic E-state index is 0.308. The molecule has 1 fully saturated rings. The topological polar surface area (TPSA) is 42.3 Å². The highest BCUT2D eigenvalue weighted by Crippen LogP contribution is 2.20.